The van der Waals surface area contributed by atoms with Gasteiger partial charge in [-0.3, -0.25) is 4.99 Å². The third kappa shape index (κ3) is 7.27. The number of halogens is 1. The Bertz CT molecular complexity index is 459. The van der Waals surface area contributed by atoms with E-state index in [0.717, 1.165) is 58.0 Å². The lowest BCUT2D eigenvalue weighted by Crippen LogP contribution is -2.47. The Morgan fingerprint density at radius 1 is 1.42 bits per heavy atom. The lowest BCUT2D eigenvalue weighted by atomic mass is 10.1. The Labute approximate surface area is 168 Å². The van der Waals surface area contributed by atoms with Crippen molar-refractivity contribution < 1.29 is 4.74 Å². The summed E-state index contributed by atoms with van der Waals surface area (Å²) < 4.78 is 5.74. The Balaban J connectivity index is 0.00000288. The summed E-state index contributed by atoms with van der Waals surface area (Å²) in [7, 11) is 0. The molecule has 0 amide bonds. The van der Waals surface area contributed by atoms with E-state index < -0.39 is 0 Å². The van der Waals surface area contributed by atoms with Gasteiger partial charge in [0.05, 0.1) is 6.10 Å². The topological polar surface area (TPSA) is 36.9 Å². The Hall–Kier alpha value is -0.340. The molecule has 1 fully saturated rings. The summed E-state index contributed by atoms with van der Waals surface area (Å²) in [5.74, 6) is 1.64. The van der Waals surface area contributed by atoms with E-state index in [1.165, 1.54) is 4.88 Å². The first kappa shape index (κ1) is 21.7. The molecule has 1 N–H and O–H groups in total. The van der Waals surface area contributed by atoms with Crippen molar-refractivity contribution in [3.8, 4) is 0 Å². The van der Waals surface area contributed by atoms with Gasteiger partial charge in [0.2, 0.25) is 0 Å². The van der Waals surface area contributed by atoms with Gasteiger partial charge in [0.1, 0.15) is 0 Å². The lowest BCUT2D eigenvalue weighted by molar-refractivity contribution is 0.0263. The number of hydrogen-bond donors (Lipinski definition) is 1. The van der Waals surface area contributed by atoms with E-state index in [1.54, 1.807) is 0 Å². The second kappa shape index (κ2) is 12.1. The van der Waals surface area contributed by atoms with Crippen molar-refractivity contribution in [1.82, 2.24) is 10.2 Å². The fourth-order valence-corrected chi connectivity index (χ4v) is 3.84. The van der Waals surface area contributed by atoms with E-state index in [0.29, 0.717) is 12.0 Å². The van der Waals surface area contributed by atoms with Crippen LogP contribution >= 0.6 is 35.3 Å². The number of piperidine rings is 1. The van der Waals surface area contributed by atoms with Crippen molar-refractivity contribution >= 4 is 41.3 Å². The van der Waals surface area contributed by atoms with E-state index in [9.17, 15) is 0 Å². The molecular formula is C18H32IN3OS. The van der Waals surface area contributed by atoms with Crippen LogP contribution in [0.1, 0.15) is 38.5 Å². The fourth-order valence-electron chi connectivity index (χ4n) is 2.97. The maximum Gasteiger partial charge on any atom is 0.193 e. The average molecular weight is 465 g/mol. The molecule has 0 aliphatic carbocycles. The summed E-state index contributed by atoms with van der Waals surface area (Å²) in [5.41, 5.74) is 0. The summed E-state index contributed by atoms with van der Waals surface area (Å²) in [4.78, 5) is 8.72. The number of ether oxygens (including phenoxy) is 1. The van der Waals surface area contributed by atoms with Gasteiger partial charge < -0.3 is 15.0 Å². The van der Waals surface area contributed by atoms with Gasteiger partial charge in [-0.25, -0.2) is 0 Å². The molecule has 1 unspecified atom stereocenters. The van der Waals surface area contributed by atoms with Crippen molar-refractivity contribution in [2.45, 2.75) is 46.1 Å². The zero-order valence-electron chi connectivity index (χ0n) is 15.2. The van der Waals surface area contributed by atoms with Crippen LogP contribution in [0.4, 0.5) is 0 Å². The van der Waals surface area contributed by atoms with Crippen molar-refractivity contribution in [2.24, 2.45) is 10.9 Å². The minimum atomic E-state index is 0. The van der Waals surface area contributed by atoms with Crippen LogP contribution in [0, 0.1) is 5.92 Å². The van der Waals surface area contributed by atoms with Crippen LogP contribution in [0.25, 0.3) is 0 Å². The third-order valence-corrected chi connectivity index (χ3v) is 5.06. The largest absolute Gasteiger partial charge is 0.378 e. The second-order valence-electron chi connectivity index (χ2n) is 6.23. The quantitative estimate of drug-likeness (QED) is 0.376. The highest BCUT2D eigenvalue weighted by atomic mass is 127. The first-order chi connectivity index (χ1) is 11.2. The van der Waals surface area contributed by atoms with E-state index in [1.807, 2.05) is 11.3 Å². The molecule has 138 valence electrons. The monoisotopic (exact) mass is 465 g/mol. The average Bonchev–Trinajstić information content (AvgIpc) is 3.05. The van der Waals surface area contributed by atoms with Gasteiger partial charge in [0, 0.05) is 37.7 Å². The zero-order valence-corrected chi connectivity index (χ0v) is 18.3. The van der Waals surface area contributed by atoms with Crippen LogP contribution in [0.2, 0.25) is 0 Å². The van der Waals surface area contributed by atoms with Crippen LogP contribution in [-0.2, 0) is 11.2 Å². The molecule has 2 heterocycles. The molecule has 1 saturated heterocycles. The summed E-state index contributed by atoms with van der Waals surface area (Å²) >= 11 is 1.84. The molecule has 0 bridgehead atoms. The summed E-state index contributed by atoms with van der Waals surface area (Å²) in [5, 5.41) is 5.60. The standard InChI is InChI=1S/C18H31N3OS.HI/c1-4-19-18(21-10-8-16(9-11-21)22-5-2)20-14-15(3)13-17-7-6-12-23-17;/h6-7,12,15-16H,4-5,8-11,13-14H2,1-3H3,(H,19,20);1H. The van der Waals surface area contributed by atoms with Gasteiger partial charge in [-0.2, -0.15) is 0 Å². The van der Waals surface area contributed by atoms with Gasteiger partial charge in [-0.1, -0.05) is 13.0 Å². The highest BCUT2D eigenvalue weighted by Gasteiger charge is 2.21. The Morgan fingerprint density at radius 3 is 2.75 bits per heavy atom. The SMILES string of the molecule is CCNC(=NCC(C)Cc1cccs1)N1CCC(OCC)CC1.I. The van der Waals surface area contributed by atoms with Gasteiger partial charge in [-0.15, -0.1) is 35.3 Å². The molecule has 6 heteroatoms. The van der Waals surface area contributed by atoms with E-state index >= 15 is 0 Å². The minimum absolute atomic E-state index is 0. The Morgan fingerprint density at radius 2 is 2.17 bits per heavy atom. The number of rotatable bonds is 7. The number of thiophene rings is 1. The zero-order chi connectivity index (χ0) is 16.5. The molecule has 0 saturated carbocycles. The van der Waals surface area contributed by atoms with Gasteiger partial charge in [0.25, 0.3) is 0 Å². The molecule has 24 heavy (non-hydrogen) atoms. The van der Waals surface area contributed by atoms with Gasteiger partial charge in [-0.05, 0) is 50.5 Å². The smallest absolute Gasteiger partial charge is 0.193 e. The molecule has 4 nitrogen and oxygen atoms in total. The number of nitrogens with one attached hydrogen (secondary N) is 1. The van der Waals surface area contributed by atoms with Crippen LogP contribution in [-0.4, -0.2) is 49.7 Å². The maximum absolute atomic E-state index is 5.74. The number of hydrogen-bond acceptors (Lipinski definition) is 3. The summed E-state index contributed by atoms with van der Waals surface area (Å²) in [6.45, 7) is 11.2. The normalized spacial score (nSPS) is 17.5. The molecular weight excluding hydrogens is 433 g/mol. The molecule has 2 rings (SSSR count). The molecule has 1 aromatic rings. The number of likely N-dealkylation sites (tertiary alicyclic amines) is 1. The second-order valence-corrected chi connectivity index (χ2v) is 7.26. The molecule has 1 atom stereocenters. The summed E-state index contributed by atoms with van der Waals surface area (Å²) in [6.07, 6.45) is 3.75. The predicted molar refractivity (Wildman–Crippen MR) is 115 cm³/mol. The van der Waals surface area contributed by atoms with Crippen molar-refractivity contribution in [1.29, 1.82) is 0 Å². The molecule has 0 spiro atoms. The van der Waals surface area contributed by atoms with E-state index in [2.05, 4.69) is 48.5 Å². The van der Waals surface area contributed by atoms with Crippen LogP contribution in [0.15, 0.2) is 22.5 Å². The van der Waals surface area contributed by atoms with Crippen LogP contribution in [0.3, 0.4) is 0 Å². The van der Waals surface area contributed by atoms with Crippen molar-refractivity contribution in [3.05, 3.63) is 22.4 Å². The van der Waals surface area contributed by atoms with Gasteiger partial charge in [0.15, 0.2) is 5.96 Å². The lowest BCUT2D eigenvalue weighted by Gasteiger charge is -2.34. The third-order valence-electron chi connectivity index (χ3n) is 4.16. The van der Waals surface area contributed by atoms with Gasteiger partial charge >= 0.3 is 0 Å². The first-order valence-corrected chi connectivity index (χ1v) is 9.78. The van der Waals surface area contributed by atoms with Crippen molar-refractivity contribution in [3.63, 3.8) is 0 Å². The van der Waals surface area contributed by atoms with Crippen LogP contribution in [0.5, 0.6) is 0 Å². The highest BCUT2D eigenvalue weighted by molar-refractivity contribution is 14.0. The van der Waals surface area contributed by atoms with Crippen LogP contribution < -0.4 is 5.32 Å². The predicted octanol–water partition coefficient (Wildman–Crippen LogP) is 4.01. The molecule has 0 radical (unpaired) electrons. The Kier molecular flexibility index (Phi) is 10.9. The molecule has 1 aromatic heterocycles. The number of nitrogens with zero attached hydrogens (tertiary/aromatic N) is 2. The number of guanidine groups is 1. The fraction of sp³-hybridized carbons (Fsp3) is 0.722. The van der Waals surface area contributed by atoms with E-state index in [-0.39, 0.29) is 24.0 Å². The van der Waals surface area contributed by atoms with Crippen molar-refractivity contribution in [2.75, 3.05) is 32.8 Å². The number of aliphatic imine (C=N–C) groups is 1. The first-order valence-electron chi connectivity index (χ1n) is 8.90. The highest BCUT2D eigenvalue weighted by Crippen LogP contribution is 2.16. The summed E-state index contributed by atoms with van der Waals surface area (Å²) in [6, 6.07) is 4.34. The van der Waals surface area contributed by atoms with E-state index in [4.69, 9.17) is 9.73 Å². The molecule has 0 aromatic carbocycles. The molecule has 1 aliphatic heterocycles. The molecule has 1 aliphatic rings. The minimum Gasteiger partial charge on any atom is -0.378 e. The maximum atomic E-state index is 5.74.